The lowest BCUT2D eigenvalue weighted by molar-refractivity contribution is 0.848. The number of nitrogens with one attached hydrogen (secondary N) is 1. The van der Waals surface area contributed by atoms with Gasteiger partial charge in [0.1, 0.15) is 0 Å². The molecule has 0 bridgehead atoms. The lowest BCUT2D eigenvalue weighted by Crippen LogP contribution is -2.15. The monoisotopic (exact) mass is 346 g/mol. The van der Waals surface area contributed by atoms with E-state index >= 15 is 0 Å². The van der Waals surface area contributed by atoms with Crippen LogP contribution in [0.5, 0.6) is 0 Å². The highest BCUT2D eigenvalue weighted by molar-refractivity contribution is 6.30. The molecule has 2 heterocycles. The molecule has 1 N–H and O–H groups in total. The minimum absolute atomic E-state index is 0.150. The molecule has 0 aliphatic heterocycles. The fraction of sp³-hybridized carbons (Fsp3) is 0.0500. The summed E-state index contributed by atoms with van der Waals surface area (Å²) in [6.07, 6.45) is 5.35. The van der Waals surface area contributed by atoms with Gasteiger partial charge in [0.15, 0.2) is 0 Å². The molecular formula is C20H15ClN4. The van der Waals surface area contributed by atoms with Gasteiger partial charge < -0.3 is 5.32 Å². The van der Waals surface area contributed by atoms with Gasteiger partial charge in [0.2, 0.25) is 0 Å². The molecular weight excluding hydrogens is 332 g/mol. The number of rotatable bonds is 4. The third-order valence-corrected chi connectivity index (χ3v) is 4.32. The van der Waals surface area contributed by atoms with E-state index in [-0.39, 0.29) is 6.04 Å². The third kappa shape index (κ3) is 3.30. The highest BCUT2D eigenvalue weighted by Crippen LogP contribution is 2.30. The molecule has 0 saturated carbocycles. The van der Waals surface area contributed by atoms with Gasteiger partial charge in [0.25, 0.3) is 0 Å². The van der Waals surface area contributed by atoms with Crippen LogP contribution in [0.4, 0.5) is 5.69 Å². The van der Waals surface area contributed by atoms with Gasteiger partial charge in [-0.1, -0.05) is 35.9 Å². The van der Waals surface area contributed by atoms with Crippen LogP contribution >= 0.6 is 11.6 Å². The molecule has 0 fully saturated rings. The summed E-state index contributed by atoms with van der Waals surface area (Å²) < 4.78 is 0. The maximum Gasteiger partial charge on any atom is 0.0977 e. The summed E-state index contributed by atoms with van der Waals surface area (Å²) in [4.78, 5) is 4.12. The Morgan fingerprint density at radius 3 is 2.44 bits per heavy atom. The number of anilines is 1. The normalized spacial score (nSPS) is 12.0. The molecule has 5 heteroatoms. The van der Waals surface area contributed by atoms with Crippen molar-refractivity contribution in [3.8, 4) is 0 Å². The van der Waals surface area contributed by atoms with E-state index in [1.54, 1.807) is 18.6 Å². The highest BCUT2D eigenvalue weighted by Gasteiger charge is 2.19. The summed E-state index contributed by atoms with van der Waals surface area (Å²) in [6.45, 7) is 0. The molecule has 2 aromatic heterocycles. The number of hydrogen-bond donors (Lipinski definition) is 1. The largest absolute Gasteiger partial charge is 0.373 e. The van der Waals surface area contributed by atoms with E-state index in [2.05, 4.69) is 26.6 Å². The summed E-state index contributed by atoms with van der Waals surface area (Å²) >= 11 is 6.00. The second-order valence-electron chi connectivity index (χ2n) is 5.68. The van der Waals surface area contributed by atoms with Gasteiger partial charge in [-0.15, -0.1) is 0 Å². The molecule has 0 saturated heterocycles. The van der Waals surface area contributed by atoms with E-state index < -0.39 is 0 Å². The standard InChI is InChI=1S/C20H15ClN4/c21-16-5-7-17(8-6-16)24-19(14-9-11-22-12-10-14)20-18-4-2-1-3-15(18)13-23-25-20/h1-13,19,24H. The second kappa shape index (κ2) is 6.87. The first-order chi connectivity index (χ1) is 12.3. The van der Waals surface area contributed by atoms with E-state index in [1.165, 1.54) is 0 Å². The zero-order valence-corrected chi connectivity index (χ0v) is 14.1. The first kappa shape index (κ1) is 15.5. The van der Waals surface area contributed by atoms with Crippen molar-refractivity contribution in [3.63, 3.8) is 0 Å². The van der Waals surface area contributed by atoms with Crippen LogP contribution in [0, 0.1) is 0 Å². The number of nitrogens with zero attached hydrogens (tertiary/aromatic N) is 3. The molecule has 1 unspecified atom stereocenters. The first-order valence-electron chi connectivity index (χ1n) is 7.93. The summed E-state index contributed by atoms with van der Waals surface area (Å²) in [5, 5.41) is 15.0. The van der Waals surface area contributed by atoms with Crippen LogP contribution < -0.4 is 5.32 Å². The Morgan fingerprint density at radius 2 is 1.64 bits per heavy atom. The summed E-state index contributed by atoms with van der Waals surface area (Å²) in [7, 11) is 0. The quantitative estimate of drug-likeness (QED) is 0.572. The van der Waals surface area contributed by atoms with Gasteiger partial charge >= 0.3 is 0 Å². The van der Waals surface area contributed by atoms with E-state index in [0.29, 0.717) is 5.02 Å². The van der Waals surface area contributed by atoms with Crippen molar-refractivity contribution in [2.24, 2.45) is 0 Å². The van der Waals surface area contributed by atoms with Gasteiger partial charge in [-0.3, -0.25) is 4.98 Å². The van der Waals surface area contributed by atoms with Crippen LogP contribution in [0.2, 0.25) is 5.02 Å². The molecule has 0 amide bonds. The van der Waals surface area contributed by atoms with Gasteiger partial charge in [0.05, 0.1) is 17.9 Å². The number of fused-ring (bicyclic) bond motifs is 1. The Morgan fingerprint density at radius 1 is 0.880 bits per heavy atom. The SMILES string of the molecule is Clc1ccc(NC(c2ccncc2)c2nncc3ccccc23)cc1. The predicted octanol–water partition coefficient (Wildman–Crippen LogP) is 4.88. The maximum absolute atomic E-state index is 6.00. The molecule has 1 atom stereocenters. The minimum atomic E-state index is -0.150. The average molecular weight is 347 g/mol. The smallest absolute Gasteiger partial charge is 0.0977 e. The van der Waals surface area contributed by atoms with Crippen molar-refractivity contribution in [2.45, 2.75) is 6.04 Å². The van der Waals surface area contributed by atoms with E-state index in [1.807, 2.05) is 54.6 Å². The predicted molar refractivity (Wildman–Crippen MR) is 101 cm³/mol. The molecule has 25 heavy (non-hydrogen) atoms. The summed E-state index contributed by atoms with van der Waals surface area (Å²) in [5.74, 6) is 0. The fourth-order valence-corrected chi connectivity index (χ4v) is 2.97. The van der Waals surface area contributed by atoms with Crippen LogP contribution in [0.15, 0.2) is 79.3 Å². The third-order valence-electron chi connectivity index (χ3n) is 4.07. The van der Waals surface area contributed by atoms with Gasteiger partial charge in [-0.25, -0.2) is 0 Å². The molecule has 2 aromatic carbocycles. The minimum Gasteiger partial charge on any atom is -0.373 e. The molecule has 0 spiro atoms. The number of benzene rings is 2. The Labute approximate surface area is 150 Å². The number of aromatic nitrogens is 3. The van der Waals surface area contributed by atoms with Crippen LogP contribution in [-0.2, 0) is 0 Å². The van der Waals surface area contributed by atoms with Gasteiger partial charge in [-0.2, -0.15) is 10.2 Å². The highest BCUT2D eigenvalue weighted by atomic mass is 35.5. The number of hydrogen-bond acceptors (Lipinski definition) is 4. The van der Waals surface area contributed by atoms with Crippen LogP contribution in [0.25, 0.3) is 10.8 Å². The lowest BCUT2D eigenvalue weighted by Gasteiger charge is -2.21. The van der Waals surface area contributed by atoms with Crippen LogP contribution in [0.1, 0.15) is 17.3 Å². The molecule has 0 radical (unpaired) electrons. The molecule has 0 aliphatic rings. The van der Waals surface area contributed by atoms with E-state index in [9.17, 15) is 0 Å². The van der Waals surface area contributed by atoms with Crippen molar-refractivity contribution in [2.75, 3.05) is 5.32 Å². The molecule has 0 aliphatic carbocycles. The summed E-state index contributed by atoms with van der Waals surface area (Å²) in [6, 6.07) is 19.6. The molecule has 4 nitrogen and oxygen atoms in total. The fourth-order valence-electron chi connectivity index (χ4n) is 2.84. The van der Waals surface area contributed by atoms with Crippen molar-refractivity contribution >= 4 is 28.1 Å². The van der Waals surface area contributed by atoms with Crippen LogP contribution in [-0.4, -0.2) is 15.2 Å². The first-order valence-corrected chi connectivity index (χ1v) is 8.31. The maximum atomic E-state index is 6.00. The van der Waals surface area contributed by atoms with E-state index in [0.717, 1.165) is 27.7 Å². The zero-order chi connectivity index (χ0) is 17.1. The number of halogens is 1. The lowest BCUT2D eigenvalue weighted by atomic mass is 10.00. The zero-order valence-electron chi connectivity index (χ0n) is 13.3. The van der Waals surface area contributed by atoms with Crippen molar-refractivity contribution in [1.29, 1.82) is 0 Å². The van der Waals surface area contributed by atoms with Crippen LogP contribution in [0.3, 0.4) is 0 Å². The molecule has 4 aromatic rings. The van der Waals surface area contributed by atoms with Gasteiger partial charge in [0, 0.05) is 33.9 Å². The van der Waals surface area contributed by atoms with Crippen molar-refractivity contribution < 1.29 is 0 Å². The topological polar surface area (TPSA) is 50.7 Å². The van der Waals surface area contributed by atoms with Crippen molar-refractivity contribution in [3.05, 3.63) is 95.5 Å². The Kier molecular flexibility index (Phi) is 4.27. The Hall–Kier alpha value is -2.98. The van der Waals surface area contributed by atoms with E-state index in [4.69, 9.17) is 11.6 Å². The number of pyridine rings is 1. The average Bonchev–Trinajstić information content (AvgIpc) is 2.68. The Balaban J connectivity index is 1.83. The van der Waals surface area contributed by atoms with Gasteiger partial charge in [-0.05, 0) is 42.0 Å². The second-order valence-corrected chi connectivity index (χ2v) is 6.12. The van der Waals surface area contributed by atoms with Crippen molar-refractivity contribution in [1.82, 2.24) is 15.2 Å². The Bertz CT molecular complexity index is 982. The molecule has 4 rings (SSSR count). The summed E-state index contributed by atoms with van der Waals surface area (Å²) in [5.41, 5.74) is 2.90. The molecule has 122 valence electrons.